The number of rotatable bonds is 9. The lowest BCUT2D eigenvalue weighted by atomic mass is 10.1. The smallest absolute Gasteiger partial charge is 0.337 e. The number of esters is 1. The first kappa shape index (κ1) is 28.1. The van der Waals surface area contributed by atoms with Gasteiger partial charge < -0.3 is 19.5 Å². The molecule has 0 aromatic heterocycles. The van der Waals surface area contributed by atoms with Crippen molar-refractivity contribution in [2.75, 3.05) is 19.0 Å². The zero-order chi connectivity index (χ0) is 26.9. The molecule has 0 radical (unpaired) electrons. The van der Waals surface area contributed by atoms with Crippen LogP contribution in [0.2, 0.25) is 10.0 Å². The average Bonchev–Trinajstić information content (AvgIpc) is 2.88. The predicted octanol–water partition coefficient (Wildman–Crippen LogP) is 7.07. The first-order chi connectivity index (χ1) is 17.7. The van der Waals surface area contributed by atoms with E-state index in [4.69, 9.17) is 32.7 Å². The Hall–Kier alpha value is -3.51. The van der Waals surface area contributed by atoms with Gasteiger partial charge in [-0.3, -0.25) is 4.79 Å². The summed E-state index contributed by atoms with van der Waals surface area (Å²) in [7, 11) is 1.28. The van der Waals surface area contributed by atoms with Crippen molar-refractivity contribution in [1.82, 2.24) is 0 Å². The highest BCUT2D eigenvalue weighted by atomic mass is 79.9. The van der Waals surface area contributed by atoms with Gasteiger partial charge in [0, 0.05) is 5.69 Å². The van der Waals surface area contributed by atoms with E-state index >= 15 is 0 Å². The highest BCUT2D eigenvalue weighted by Gasteiger charge is 2.15. The van der Waals surface area contributed by atoms with Crippen LogP contribution >= 0.6 is 39.1 Å². The number of benzene rings is 3. The molecule has 0 saturated carbocycles. The highest BCUT2D eigenvalue weighted by molar-refractivity contribution is 9.10. The Morgan fingerprint density at radius 2 is 1.78 bits per heavy atom. The number of nitriles is 1. The molecule has 1 N–H and O–H groups in total. The average molecular weight is 604 g/mol. The van der Waals surface area contributed by atoms with Crippen molar-refractivity contribution < 1.29 is 23.8 Å². The fraction of sp³-hybridized carbons (Fsp3) is 0.148. The Bertz CT molecular complexity index is 1380. The van der Waals surface area contributed by atoms with Gasteiger partial charge >= 0.3 is 5.97 Å². The molecule has 0 unspecified atom stereocenters. The van der Waals surface area contributed by atoms with Crippen LogP contribution in [0.25, 0.3) is 6.08 Å². The number of hydrogen-bond acceptors (Lipinski definition) is 6. The van der Waals surface area contributed by atoms with Crippen molar-refractivity contribution in [3.05, 3.63) is 91.4 Å². The van der Waals surface area contributed by atoms with Gasteiger partial charge in [0.15, 0.2) is 11.5 Å². The van der Waals surface area contributed by atoms with Crippen LogP contribution in [0.15, 0.2) is 64.6 Å². The van der Waals surface area contributed by atoms with E-state index in [0.717, 1.165) is 5.56 Å². The van der Waals surface area contributed by atoms with Gasteiger partial charge in [-0.2, -0.15) is 5.26 Å². The molecule has 10 heteroatoms. The molecule has 37 heavy (non-hydrogen) atoms. The first-order valence-electron chi connectivity index (χ1n) is 10.9. The molecule has 0 aliphatic heterocycles. The van der Waals surface area contributed by atoms with Crippen molar-refractivity contribution in [2.24, 2.45) is 0 Å². The molecule has 3 rings (SSSR count). The summed E-state index contributed by atoms with van der Waals surface area (Å²) in [5, 5.41) is 13.1. The maximum Gasteiger partial charge on any atom is 0.337 e. The number of halogens is 3. The van der Waals surface area contributed by atoms with Gasteiger partial charge in [-0.15, -0.1) is 0 Å². The molecule has 0 saturated heterocycles. The third kappa shape index (κ3) is 7.49. The molecule has 0 fully saturated rings. The fourth-order valence-electron chi connectivity index (χ4n) is 3.18. The van der Waals surface area contributed by atoms with Crippen LogP contribution in [0, 0.1) is 11.3 Å². The van der Waals surface area contributed by atoms with E-state index in [2.05, 4.69) is 26.0 Å². The van der Waals surface area contributed by atoms with Gasteiger partial charge in [0.2, 0.25) is 0 Å². The van der Waals surface area contributed by atoms with Crippen LogP contribution in [-0.2, 0) is 16.1 Å². The number of anilines is 1. The molecule has 0 bridgehead atoms. The van der Waals surface area contributed by atoms with Gasteiger partial charge in [0.1, 0.15) is 18.2 Å². The topological polar surface area (TPSA) is 97.7 Å². The lowest BCUT2D eigenvalue weighted by Crippen LogP contribution is -2.13. The van der Waals surface area contributed by atoms with E-state index in [-0.39, 0.29) is 12.2 Å². The maximum atomic E-state index is 12.7. The second-order valence-corrected chi connectivity index (χ2v) is 9.16. The summed E-state index contributed by atoms with van der Waals surface area (Å²) >= 11 is 15.6. The molecule has 3 aromatic carbocycles. The first-order valence-corrected chi connectivity index (χ1v) is 12.4. The second kappa shape index (κ2) is 13.2. The van der Waals surface area contributed by atoms with Gasteiger partial charge in [-0.1, -0.05) is 29.3 Å². The number of hydrogen-bond donors (Lipinski definition) is 1. The van der Waals surface area contributed by atoms with Crippen molar-refractivity contribution >= 4 is 62.8 Å². The van der Waals surface area contributed by atoms with Crippen LogP contribution in [0.5, 0.6) is 11.5 Å². The minimum absolute atomic E-state index is 0.129. The third-order valence-electron chi connectivity index (χ3n) is 4.94. The fourth-order valence-corrected chi connectivity index (χ4v) is 4.08. The molecule has 3 aromatic rings. The molecule has 190 valence electrons. The zero-order valence-corrected chi connectivity index (χ0v) is 22.9. The van der Waals surface area contributed by atoms with E-state index in [1.165, 1.54) is 25.3 Å². The van der Waals surface area contributed by atoms with Crippen molar-refractivity contribution in [3.63, 3.8) is 0 Å². The standard InChI is InChI=1S/C27H21BrCl2N2O5/c1-3-36-24-13-17(11-21(28)25(24)37-15-16-4-9-22(29)23(30)12-16)10-19(14-31)26(33)32-20-7-5-18(6-8-20)27(34)35-2/h4-13H,3,15H2,1-2H3,(H,32,33)/b19-10+. The van der Waals surface area contributed by atoms with Crippen molar-refractivity contribution in [3.8, 4) is 17.6 Å². The molecule has 0 aliphatic rings. The molecule has 0 spiro atoms. The number of methoxy groups -OCH3 is 1. The van der Waals surface area contributed by atoms with E-state index in [1.807, 2.05) is 13.0 Å². The summed E-state index contributed by atoms with van der Waals surface area (Å²) in [4.78, 5) is 24.3. The molecule has 0 heterocycles. The molecule has 7 nitrogen and oxygen atoms in total. The van der Waals surface area contributed by atoms with Gasteiger partial charge in [0.25, 0.3) is 5.91 Å². The molecule has 0 aliphatic carbocycles. The number of carbonyl (C=O) groups excluding carboxylic acids is 2. The largest absolute Gasteiger partial charge is 0.490 e. The van der Waals surface area contributed by atoms with Gasteiger partial charge in [0.05, 0.1) is 33.8 Å². The summed E-state index contributed by atoms with van der Waals surface area (Å²) in [6, 6.07) is 16.6. The number of nitrogens with one attached hydrogen (secondary N) is 1. The Kier molecular flexibility index (Phi) is 9.98. The summed E-state index contributed by atoms with van der Waals surface area (Å²) in [6.07, 6.45) is 1.44. The maximum absolute atomic E-state index is 12.7. The van der Waals surface area contributed by atoms with Crippen LogP contribution in [-0.4, -0.2) is 25.6 Å². The van der Waals surface area contributed by atoms with E-state index in [9.17, 15) is 14.9 Å². The monoisotopic (exact) mass is 602 g/mol. The van der Waals surface area contributed by atoms with Crippen LogP contribution in [0.3, 0.4) is 0 Å². The lowest BCUT2D eigenvalue weighted by molar-refractivity contribution is -0.112. The Labute approximate surface area is 232 Å². The molecular weight excluding hydrogens is 583 g/mol. The molecular formula is C27H21BrCl2N2O5. The zero-order valence-electron chi connectivity index (χ0n) is 19.8. The van der Waals surface area contributed by atoms with Crippen LogP contribution in [0.1, 0.15) is 28.4 Å². The normalized spacial score (nSPS) is 10.9. The summed E-state index contributed by atoms with van der Waals surface area (Å²) in [5.41, 5.74) is 1.99. The van der Waals surface area contributed by atoms with Crippen molar-refractivity contribution in [2.45, 2.75) is 13.5 Å². The van der Waals surface area contributed by atoms with E-state index < -0.39 is 11.9 Å². The third-order valence-corrected chi connectivity index (χ3v) is 6.27. The Morgan fingerprint density at radius 1 is 1.05 bits per heavy atom. The van der Waals surface area contributed by atoms with E-state index in [1.54, 1.807) is 42.5 Å². The van der Waals surface area contributed by atoms with Crippen molar-refractivity contribution in [1.29, 1.82) is 5.26 Å². The number of amides is 1. The quantitative estimate of drug-likeness (QED) is 0.160. The second-order valence-electron chi connectivity index (χ2n) is 7.49. The molecule has 0 atom stereocenters. The molecule has 1 amide bonds. The minimum Gasteiger partial charge on any atom is -0.490 e. The Morgan fingerprint density at radius 3 is 2.41 bits per heavy atom. The summed E-state index contributed by atoms with van der Waals surface area (Å²) < 4.78 is 17.0. The minimum atomic E-state index is -0.609. The Balaban J connectivity index is 1.81. The van der Waals surface area contributed by atoms with Gasteiger partial charge in [-0.25, -0.2) is 4.79 Å². The summed E-state index contributed by atoms with van der Waals surface area (Å²) in [6.45, 7) is 2.42. The van der Waals surface area contributed by atoms with Gasteiger partial charge in [-0.05, 0) is 88.6 Å². The predicted molar refractivity (Wildman–Crippen MR) is 146 cm³/mol. The SMILES string of the molecule is CCOc1cc(/C=C(\C#N)C(=O)Nc2ccc(C(=O)OC)cc2)cc(Br)c1OCc1ccc(Cl)c(Cl)c1. The van der Waals surface area contributed by atoms with Crippen LogP contribution in [0.4, 0.5) is 5.69 Å². The summed E-state index contributed by atoms with van der Waals surface area (Å²) in [5.74, 6) is -0.212. The van der Waals surface area contributed by atoms with Crippen LogP contribution < -0.4 is 14.8 Å². The number of nitrogens with zero attached hydrogens (tertiary/aromatic N) is 1. The van der Waals surface area contributed by atoms with E-state index in [0.29, 0.717) is 49.4 Å². The number of ether oxygens (including phenoxy) is 3. The number of carbonyl (C=O) groups is 2. The highest BCUT2D eigenvalue weighted by Crippen LogP contribution is 2.38. The lowest BCUT2D eigenvalue weighted by Gasteiger charge is -2.15.